The highest BCUT2D eigenvalue weighted by Crippen LogP contribution is 2.19. The van der Waals surface area contributed by atoms with E-state index in [2.05, 4.69) is 5.32 Å². The Labute approximate surface area is 66.8 Å². The third kappa shape index (κ3) is 1.70. The summed E-state index contributed by atoms with van der Waals surface area (Å²) in [6, 6.07) is 0. The summed E-state index contributed by atoms with van der Waals surface area (Å²) in [4.78, 5) is 0. The quantitative estimate of drug-likeness (QED) is 0.616. The molecule has 1 heterocycles. The molecule has 4 heteroatoms. The van der Waals surface area contributed by atoms with E-state index >= 15 is 0 Å². The van der Waals surface area contributed by atoms with E-state index < -0.39 is 5.79 Å². The van der Waals surface area contributed by atoms with Gasteiger partial charge in [0, 0.05) is 20.8 Å². The Kier molecular flexibility index (Phi) is 2.84. The molecule has 0 radical (unpaired) electrons. The molecule has 0 bridgehead atoms. The number of hydrogen-bond donors (Lipinski definition) is 1. The Morgan fingerprint density at radius 3 is 2.73 bits per heavy atom. The molecule has 1 aliphatic heterocycles. The van der Waals surface area contributed by atoms with Gasteiger partial charge in [-0.25, -0.2) is 0 Å². The van der Waals surface area contributed by atoms with E-state index in [0.29, 0.717) is 6.61 Å². The zero-order valence-corrected chi connectivity index (χ0v) is 7.22. The van der Waals surface area contributed by atoms with Crippen LogP contribution in [0.15, 0.2) is 0 Å². The molecule has 1 saturated heterocycles. The summed E-state index contributed by atoms with van der Waals surface area (Å²) in [6.07, 6.45) is -0.179. The summed E-state index contributed by atoms with van der Waals surface area (Å²) >= 11 is 0. The van der Waals surface area contributed by atoms with Crippen molar-refractivity contribution < 1.29 is 14.2 Å². The largest absolute Gasteiger partial charge is 0.361 e. The predicted octanol–water partition coefficient (Wildman–Crippen LogP) is -0.0587. The van der Waals surface area contributed by atoms with Crippen LogP contribution in [0.2, 0.25) is 0 Å². The van der Waals surface area contributed by atoms with Crippen molar-refractivity contribution >= 4 is 0 Å². The fraction of sp³-hybridized carbons (Fsp3) is 1.00. The van der Waals surface area contributed by atoms with E-state index in [-0.39, 0.29) is 6.23 Å². The van der Waals surface area contributed by atoms with Crippen LogP contribution in [0.4, 0.5) is 0 Å². The second kappa shape index (κ2) is 3.49. The van der Waals surface area contributed by atoms with Crippen LogP contribution < -0.4 is 5.32 Å². The van der Waals surface area contributed by atoms with E-state index in [4.69, 9.17) is 14.2 Å². The fourth-order valence-corrected chi connectivity index (χ4v) is 1.17. The van der Waals surface area contributed by atoms with Gasteiger partial charge < -0.3 is 14.2 Å². The summed E-state index contributed by atoms with van der Waals surface area (Å²) in [7, 11) is 3.24. The highest BCUT2D eigenvalue weighted by Gasteiger charge is 2.38. The molecule has 11 heavy (non-hydrogen) atoms. The maximum atomic E-state index is 5.41. The van der Waals surface area contributed by atoms with Crippen molar-refractivity contribution in [3.8, 4) is 0 Å². The maximum absolute atomic E-state index is 5.41. The van der Waals surface area contributed by atoms with E-state index in [0.717, 1.165) is 6.54 Å². The summed E-state index contributed by atoms with van der Waals surface area (Å²) < 4.78 is 15.7. The molecule has 0 aliphatic carbocycles. The van der Waals surface area contributed by atoms with Gasteiger partial charge in [-0.2, -0.15) is 0 Å². The van der Waals surface area contributed by atoms with Gasteiger partial charge in [-0.05, 0) is 6.92 Å². The highest BCUT2D eigenvalue weighted by atomic mass is 16.7. The second-order valence-electron chi connectivity index (χ2n) is 2.64. The van der Waals surface area contributed by atoms with Gasteiger partial charge in [-0.1, -0.05) is 0 Å². The van der Waals surface area contributed by atoms with Crippen LogP contribution in [0.1, 0.15) is 6.92 Å². The van der Waals surface area contributed by atoms with Gasteiger partial charge >= 0.3 is 0 Å². The number of ether oxygens (including phenoxy) is 3. The lowest BCUT2D eigenvalue weighted by Crippen LogP contribution is -2.58. The normalized spacial score (nSPS) is 39.0. The number of nitrogens with one attached hydrogen (secondary N) is 1. The number of methoxy groups -OCH3 is 2. The molecule has 66 valence electrons. The monoisotopic (exact) mass is 161 g/mol. The van der Waals surface area contributed by atoms with Gasteiger partial charge in [0.05, 0.1) is 6.61 Å². The number of rotatable bonds is 2. The first-order valence-electron chi connectivity index (χ1n) is 3.68. The van der Waals surface area contributed by atoms with Gasteiger partial charge in [0.15, 0.2) is 6.23 Å². The zero-order chi connectivity index (χ0) is 8.32. The van der Waals surface area contributed by atoms with Crippen LogP contribution in [0.5, 0.6) is 0 Å². The summed E-state index contributed by atoms with van der Waals surface area (Å²) in [5.74, 6) is -0.646. The van der Waals surface area contributed by atoms with E-state index in [9.17, 15) is 0 Å². The average molecular weight is 161 g/mol. The lowest BCUT2D eigenvalue weighted by atomic mass is 10.2. The Hall–Kier alpha value is -0.160. The van der Waals surface area contributed by atoms with Crippen molar-refractivity contribution in [2.75, 3.05) is 27.4 Å². The first kappa shape index (κ1) is 8.93. The molecule has 0 aromatic carbocycles. The molecule has 1 aliphatic rings. The van der Waals surface area contributed by atoms with Crippen molar-refractivity contribution in [3.05, 3.63) is 0 Å². The standard InChI is InChI=1S/C7H15NO3/c1-7(10-3)6(9-2)8-4-5-11-7/h6,8H,4-5H2,1-3H3. The first-order valence-corrected chi connectivity index (χ1v) is 3.68. The molecule has 4 nitrogen and oxygen atoms in total. The first-order chi connectivity index (χ1) is 5.23. The minimum absolute atomic E-state index is 0.179. The van der Waals surface area contributed by atoms with Gasteiger partial charge in [0.1, 0.15) is 0 Å². The van der Waals surface area contributed by atoms with Crippen LogP contribution in [0, 0.1) is 0 Å². The highest BCUT2D eigenvalue weighted by molar-refractivity contribution is 4.77. The van der Waals surface area contributed by atoms with Gasteiger partial charge in [0.25, 0.3) is 0 Å². The Bertz CT molecular complexity index is 131. The van der Waals surface area contributed by atoms with Gasteiger partial charge in [-0.15, -0.1) is 0 Å². The minimum atomic E-state index is -0.646. The molecule has 1 fully saturated rings. The van der Waals surface area contributed by atoms with Crippen molar-refractivity contribution in [3.63, 3.8) is 0 Å². The maximum Gasteiger partial charge on any atom is 0.205 e. The molecule has 2 unspecified atom stereocenters. The van der Waals surface area contributed by atoms with Crippen molar-refractivity contribution in [1.29, 1.82) is 0 Å². The third-order valence-corrected chi connectivity index (χ3v) is 1.94. The molecule has 2 atom stereocenters. The van der Waals surface area contributed by atoms with Crippen molar-refractivity contribution in [1.82, 2.24) is 5.32 Å². The fourth-order valence-electron chi connectivity index (χ4n) is 1.17. The molecular weight excluding hydrogens is 146 g/mol. The molecular formula is C7H15NO3. The Balaban J connectivity index is 2.57. The Morgan fingerprint density at radius 2 is 2.27 bits per heavy atom. The molecule has 0 amide bonds. The minimum Gasteiger partial charge on any atom is -0.361 e. The van der Waals surface area contributed by atoms with E-state index in [1.54, 1.807) is 14.2 Å². The van der Waals surface area contributed by atoms with E-state index in [1.165, 1.54) is 0 Å². The summed E-state index contributed by atoms with van der Waals surface area (Å²) in [5, 5.41) is 3.14. The molecule has 0 aromatic rings. The molecule has 1 rings (SSSR count). The third-order valence-electron chi connectivity index (χ3n) is 1.94. The average Bonchev–Trinajstić information content (AvgIpc) is 2.05. The van der Waals surface area contributed by atoms with E-state index in [1.807, 2.05) is 6.92 Å². The van der Waals surface area contributed by atoms with Gasteiger partial charge in [0.2, 0.25) is 5.79 Å². The molecule has 0 aromatic heterocycles. The van der Waals surface area contributed by atoms with Crippen molar-refractivity contribution in [2.24, 2.45) is 0 Å². The topological polar surface area (TPSA) is 39.7 Å². The SMILES string of the molecule is COC1NCCOC1(C)OC. The summed E-state index contributed by atoms with van der Waals surface area (Å²) in [5.41, 5.74) is 0. The van der Waals surface area contributed by atoms with Crippen LogP contribution in [0.25, 0.3) is 0 Å². The summed E-state index contributed by atoms with van der Waals surface area (Å²) in [6.45, 7) is 3.31. The molecule has 0 spiro atoms. The van der Waals surface area contributed by atoms with Crippen LogP contribution >= 0.6 is 0 Å². The Morgan fingerprint density at radius 1 is 1.55 bits per heavy atom. The number of morpholine rings is 1. The molecule has 0 saturated carbocycles. The number of hydrogen-bond acceptors (Lipinski definition) is 4. The predicted molar refractivity (Wildman–Crippen MR) is 40.2 cm³/mol. The molecule has 1 N–H and O–H groups in total. The van der Waals surface area contributed by atoms with Crippen LogP contribution in [-0.2, 0) is 14.2 Å². The van der Waals surface area contributed by atoms with Crippen molar-refractivity contribution in [2.45, 2.75) is 18.9 Å². The van der Waals surface area contributed by atoms with Crippen LogP contribution in [0.3, 0.4) is 0 Å². The lowest BCUT2D eigenvalue weighted by molar-refractivity contribution is -0.289. The lowest BCUT2D eigenvalue weighted by Gasteiger charge is -2.39. The second-order valence-corrected chi connectivity index (χ2v) is 2.64. The smallest absolute Gasteiger partial charge is 0.205 e. The van der Waals surface area contributed by atoms with Gasteiger partial charge in [-0.3, -0.25) is 5.32 Å². The van der Waals surface area contributed by atoms with Crippen LogP contribution in [-0.4, -0.2) is 39.4 Å². The zero-order valence-electron chi connectivity index (χ0n) is 7.22.